The van der Waals surface area contributed by atoms with Crippen molar-refractivity contribution in [3.8, 4) is 11.8 Å². The Hall–Kier alpha value is -0.520. The molecule has 0 aromatic carbocycles. The van der Waals surface area contributed by atoms with Crippen molar-refractivity contribution in [2.75, 3.05) is 6.61 Å². The number of hydrogen-bond acceptors (Lipinski definition) is 2. The van der Waals surface area contributed by atoms with Crippen molar-refractivity contribution in [1.29, 1.82) is 0 Å². The van der Waals surface area contributed by atoms with E-state index in [0.29, 0.717) is 0 Å². The molecule has 0 aromatic heterocycles. The standard InChI is InChI=1S/C10H18O2/c1-2-3-4-5-7-10(12)8-6-9-11/h10-12H,2-5,7,9H2,1H3. The van der Waals surface area contributed by atoms with Crippen molar-refractivity contribution >= 4 is 0 Å². The summed E-state index contributed by atoms with van der Waals surface area (Å²) in [5.41, 5.74) is 0. The first-order chi connectivity index (χ1) is 5.81. The molecule has 0 aliphatic heterocycles. The van der Waals surface area contributed by atoms with Crippen LogP contribution >= 0.6 is 0 Å². The fraction of sp³-hybridized carbons (Fsp3) is 0.800. The van der Waals surface area contributed by atoms with Crippen LogP contribution in [0.5, 0.6) is 0 Å². The Morgan fingerprint density at radius 2 is 2.00 bits per heavy atom. The maximum Gasteiger partial charge on any atom is 0.114 e. The molecule has 0 rings (SSSR count). The van der Waals surface area contributed by atoms with E-state index in [1.807, 2.05) is 0 Å². The highest BCUT2D eigenvalue weighted by Gasteiger charge is 1.97. The Morgan fingerprint density at radius 3 is 2.58 bits per heavy atom. The Morgan fingerprint density at radius 1 is 1.25 bits per heavy atom. The minimum Gasteiger partial charge on any atom is -0.384 e. The highest BCUT2D eigenvalue weighted by atomic mass is 16.3. The van der Waals surface area contributed by atoms with Crippen LogP contribution in [0.25, 0.3) is 0 Å². The first kappa shape index (κ1) is 11.5. The number of unbranched alkanes of at least 4 members (excludes halogenated alkanes) is 3. The monoisotopic (exact) mass is 170 g/mol. The number of aliphatic hydroxyl groups is 2. The molecule has 1 atom stereocenters. The number of aliphatic hydroxyl groups excluding tert-OH is 2. The van der Waals surface area contributed by atoms with Gasteiger partial charge in [-0.2, -0.15) is 0 Å². The molecular formula is C10H18O2. The van der Waals surface area contributed by atoms with Gasteiger partial charge < -0.3 is 10.2 Å². The molecule has 1 unspecified atom stereocenters. The van der Waals surface area contributed by atoms with Crippen LogP contribution in [-0.4, -0.2) is 22.9 Å². The third-order valence-corrected chi connectivity index (χ3v) is 1.68. The van der Waals surface area contributed by atoms with Crippen molar-refractivity contribution in [2.24, 2.45) is 0 Å². The zero-order valence-corrected chi connectivity index (χ0v) is 7.71. The number of rotatable bonds is 5. The molecule has 2 nitrogen and oxygen atoms in total. The molecule has 0 aromatic rings. The molecule has 0 saturated heterocycles. The van der Waals surface area contributed by atoms with Crippen molar-refractivity contribution in [1.82, 2.24) is 0 Å². The zero-order chi connectivity index (χ0) is 9.23. The Kier molecular flexibility index (Phi) is 8.20. The minimum atomic E-state index is -0.547. The molecular weight excluding hydrogens is 152 g/mol. The molecule has 0 amide bonds. The summed E-state index contributed by atoms with van der Waals surface area (Å²) < 4.78 is 0. The Labute approximate surface area is 74.6 Å². The van der Waals surface area contributed by atoms with E-state index in [9.17, 15) is 5.11 Å². The third-order valence-electron chi connectivity index (χ3n) is 1.68. The van der Waals surface area contributed by atoms with E-state index in [1.165, 1.54) is 12.8 Å². The molecule has 70 valence electrons. The molecule has 0 bridgehead atoms. The average Bonchev–Trinajstić information content (AvgIpc) is 2.09. The second kappa shape index (κ2) is 8.58. The van der Waals surface area contributed by atoms with Crippen LogP contribution in [-0.2, 0) is 0 Å². The summed E-state index contributed by atoms with van der Waals surface area (Å²) >= 11 is 0. The highest BCUT2D eigenvalue weighted by Crippen LogP contribution is 2.04. The van der Waals surface area contributed by atoms with Crippen molar-refractivity contribution in [3.05, 3.63) is 0 Å². The summed E-state index contributed by atoms with van der Waals surface area (Å²) in [5, 5.41) is 17.5. The average molecular weight is 170 g/mol. The van der Waals surface area contributed by atoms with Gasteiger partial charge in [-0.1, -0.05) is 38.0 Å². The molecule has 0 radical (unpaired) electrons. The third kappa shape index (κ3) is 7.59. The lowest BCUT2D eigenvalue weighted by molar-refractivity contribution is 0.216. The molecule has 2 N–H and O–H groups in total. The lowest BCUT2D eigenvalue weighted by atomic mass is 10.1. The van der Waals surface area contributed by atoms with Gasteiger partial charge in [-0.05, 0) is 12.8 Å². The van der Waals surface area contributed by atoms with Crippen LogP contribution in [0, 0.1) is 11.8 Å². The summed E-state index contributed by atoms with van der Waals surface area (Å²) in [5.74, 6) is 5.01. The van der Waals surface area contributed by atoms with E-state index >= 15 is 0 Å². The van der Waals surface area contributed by atoms with Gasteiger partial charge in [0.2, 0.25) is 0 Å². The Bertz CT molecular complexity index is 144. The van der Waals surface area contributed by atoms with Crippen LogP contribution in [0.1, 0.15) is 39.0 Å². The molecule has 2 heteroatoms. The quantitative estimate of drug-likeness (QED) is 0.482. The molecule has 0 aliphatic rings. The molecule has 0 spiro atoms. The van der Waals surface area contributed by atoms with E-state index < -0.39 is 6.10 Å². The van der Waals surface area contributed by atoms with Crippen LogP contribution in [0.15, 0.2) is 0 Å². The van der Waals surface area contributed by atoms with Gasteiger partial charge in [-0.3, -0.25) is 0 Å². The van der Waals surface area contributed by atoms with Crippen molar-refractivity contribution in [3.63, 3.8) is 0 Å². The van der Waals surface area contributed by atoms with Crippen LogP contribution in [0.3, 0.4) is 0 Å². The lowest BCUT2D eigenvalue weighted by Crippen LogP contribution is -2.02. The highest BCUT2D eigenvalue weighted by molar-refractivity contribution is 5.04. The molecule has 12 heavy (non-hydrogen) atoms. The topological polar surface area (TPSA) is 40.5 Å². The second-order valence-electron chi connectivity index (χ2n) is 2.84. The summed E-state index contributed by atoms with van der Waals surface area (Å²) in [6.07, 6.45) is 4.80. The van der Waals surface area contributed by atoms with E-state index in [-0.39, 0.29) is 6.61 Å². The van der Waals surface area contributed by atoms with Gasteiger partial charge in [-0.15, -0.1) is 0 Å². The fourth-order valence-corrected chi connectivity index (χ4v) is 1.00. The van der Waals surface area contributed by atoms with Crippen LogP contribution in [0.2, 0.25) is 0 Å². The van der Waals surface area contributed by atoms with E-state index in [2.05, 4.69) is 18.8 Å². The summed E-state index contributed by atoms with van der Waals surface area (Å²) in [6, 6.07) is 0. The predicted molar refractivity (Wildman–Crippen MR) is 49.6 cm³/mol. The largest absolute Gasteiger partial charge is 0.384 e. The number of hydrogen-bond donors (Lipinski definition) is 2. The van der Waals surface area contributed by atoms with Gasteiger partial charge in [0.25, 0.3) is 0 Å². The van der Waals surface area contributed by atoms with Crippen LogP contribution < -0.4 is 0 Å². The maximum absolute atomic E-state index is 9.19. The van der Waals surface area contributed by atoms with Gasteiger partial charge in [0.1, 0.15) is 12.7 Å². The molecule has 0 fully saturated rings. The first-order valence-corrected chi connectivity index (χ1v) is 4.58. The van der Waals surface area contributed by atoms with E-state index in [0.717, 1.165) is 19.3 Å². The first-order valence-electron chi connectivity index (χ1n) is 4.58. The maximum atomic E-state index is 9.19. The van der Waals surface area contributed by atoms with Gasteiger partial charge in [0.15, 0.2) is 0 Å². The lowest BCUT2D eigenvalue weighted by Gasteiger charge is -2.01. The van der Waals surface area contributed by atoms with E-state index in [1.54, 1.807) is 0 Å². The van der Waals surface area contributed by atoms with Gasteiger partial charge in [0, 0.05) is 0 Å². The minimum absolute atomic E-state index is 0.161. The Balaban J connectivity index is 3.25. The summed E-state index contributed by atoms with van der Waals surface area (Å²) in [7, 11) is 0. The van der Waals surface area contributed by atoms with Gasteiger partial charge >= 0.3 is 0 Å². The molecule has 0 aliphatic carbocycles. The zero-order valence-electron chi connectivity index (χ0n) is 7.71. The SMILES string of the molecule is CCCCCCC(O)C#CCO. The predicted octanol–water partition coefficient (Wildman–Crippen LogP) is 1.31. The van der Waals surface area contributed by atoms with Crippen LogP contribution in [0.4, 0.5) is 0 Å². The second-order valence-corrected chi connectivity index (χ2v) is 2.84. The van der Waals surface area contributed by atoms with Gasteiger partial charge in [-0.25, -0.2) is 0 Å². The van der Waals surface area contributed by atoms with E-state index in [4.69, 9.17) is 5.11 Å². The normalized spacial score (nSPS) is 11.9. The summed E-state index contributed by atoms with van der Waals surface area (Å²) in [6.45, 7) is 1.99. The smallest absolute Gasteiger partial charge is 0.114 e. The molecule has 0 saturated carbocycles. The van der Waals surface area contributed by atoms with Crippen molar-refractivity contribution in [2.45, 2.75) is 45.1 Å². The van der Waals surface area contributed by atoms with Crippen molar-refractivity contribution < 1.29 is 10.2 Å². The van der Waals surface area contributed by atoms with Gasteiger partial charge in [0.05, 0.1) is 0 Å². The fourth-order valence-electron chi connectivity index (χ4n) is 1.00. The molecule has 0 heterocycles. The summed E-state index contributed by atoms with van der Waals surface area (Å²) in [4.78, 5) is 0.